The summed E-state index contributed by atoms with van der Waals surface area (Å²) in [6.07, 6.45) is 1.05. The second-order valence-electron chi connectivity index (χ2n) is 4.98. The largest absolute Gasteiger partial charge is 0.493 e. The van der Waals surface area contributed by atoms with Crippen LogP contribution in [0.1, 0.15) is 38.3 Å². The van der Waals surface area contributed by atoms with Crippen LogP contribution in [-0.4, -0.2) is 13.2 Å². The van der Waals surface area contributed by atoms with Gasteiger partial charge in [0.1, 0.15) is 5.75 Å². The number of aryl methyl sites for hydroxylation is 1. The van der Waals surface area contributed by atoms with Crippen molar-refractivity contribution in [1.82, 2.24) is 5.32 Å². The summed E-state index contributed by atoms with van der Waals surface area (Å²) in [5.41, 5.74) is 2.55. The number of benzene rings is 1. The van der Waals surface area contributed by atoms with E-state index in [0.717, 1.165) is 31.9 Å². The normalized spacial score (nSPS) is 10.9. The first-order chi connectivity index (χ1) is 8.13. The maximum atomic E-state index is 5.76. The van der Waals surface area contributed by atoms with E-state index in [-0.39, 0.29) is 0 Å². The first-order valence-electron chi connectivity index (χ1n) is 6.56. The van der Waals surface area contributed by atoms with Gasteiger partial charge in [0.2, 0.25) is 0 Å². The Bertz CT molecular complexity index is 334. The van der Waals surface area contributed by atoms with E-state index in [0.29, 0.717) is 5.92 Å². The van der Waals surface area contributed by atoms with Gasteiger partial charge in [-0.25, -0.2) is 0 Å². The van der Waals surface area contributed by atoms with Crippen molar-refractivity contribution in [3.8, 4) is 5.75 Å². The van der Waals surface area contributed by atoms with E-state index in [2.05, 4.69) is 51.2 Å². The molecule has 1 N–H and O–H groups in total. The first kappa shape index (κ1) is 14.0. The zero-order valence-corrected chi connectivity index (χ0v) is 11.5. The molecule has 0 amide bonds. The maximum absolute atomic E-state index is 5.76. The maximum Gasteiger partial charge on any atom is 0.123 e. The molecule has 1 aromatic carbocycles. The molecule has 0 bridgehead atoms. The lowest BCUT2D eigenvalue weighted by Crippen LogP contribution is -2.19. The van der Waals surface area contributed by atoms with Crippen molar-refractivity contribution < 1.29 is 4.74 Å². The fourth-order valence-corrected chi connectivity index (χ4v) is 1.69. The molecule has 0 heterocycles. The summed E-state index contributed by atoms with van der Waals surface area (Å²) in [7, 11) is 0. The summed E-state index contributed by atoms with van der Waals surface area (Å²) < 4.78 is 5.76. The molecule has 0 aromatic heterocycles. The summed E-state index contributed by atoms with van der Waals surface area (Å²) in [5, 5.41) is 3.47. The SMILES string of the molecule is CCCOc1ccc(C)cc1CNCC(C)C. The predicted octanol–water partition coefficient (Wildman–Crippen LogP) is 3.53. The third-order valence-corrected chi connectivity index (χ3v) is 2.55. The minimum atomic E-state index is 0.680. The lowest BCUT2D eigenvalue weighted by Gasteiger charge is -2.13. The van der Waals surface area contributed by atoms with Gasteiger partial charge in [-0.1, -0.05) is 38.5 Å². The molecule has 17 heavy (non-hydrogen) atoms. The van der Waals surface area contributed by atoms with Crippen molar-refractivity contribution in [3.63, 3.8) is 0 Å². The minimum absolute atomic E-state index is 0.680. The van der Waals surface area contributed by atoms with Gasteiger partial charge in [0.15, 0.2) is 0 Å². The standard InChI is InChI=1S/C15H25NO/c1-5-8-17-15-7-6-13(4)9-14(15)11-16-10-12(2)3/h6-7,9,12,16H,5,8,10-11H2,1-4H3. The third kappa shape index (κ3) is 5.22. The zero-order valence-electron chi connectivity index (χ0n) is 11.5. The summed E-state index contributed by atoms with van der Waals surface area (Å²) in [6.45, 7) is 11.4. The molecule has 0 aliphatic heterocycles. The number of hydrogen-bond donors (Lipinski definition) is 1. The highest BCUT2D eigenvalue weighted by Gasteiger charge is 2.04. The van der Waals surface area contributed by atoms with Crippen LogP contribution in [0, 0.1) is 12.8 Å². The van der Waals surface area contributed by atoms with E-state index < -0.39 is 0 Å². The molecule has 2 nitrogen and oxygen atoms in total. The second kappa shape index (κ2) is 7.33. The number of ether oxygens (including phenoxy) is 1. The molecule has 0 saturated carbocycles. The topological polar surface area (TPSA) is 21.3 Å². The van der Waals surface area contributed by atoms with Crippen molar-refractivity contribution in [2.24, 2.45) is 5.92 Å². The monoisotopic (exact) mass is 235 g/mol. The van der Waals surface area contributed by atoms with Crippen LogP contribution in [0.5, 0.6) is 5.75 Å². The molecule has 0 aliphatic carbocycles. The Labute approximate surface area is 105 Å². The minimum Gasteiger partial charge on any atom is -0.493 e. The highest BCUT2D eigenvalue weighted by Crippen LogP contribution is 2.20. The number of hydrogen-bond acceptors (Lipinski definition) is 2. The smallest absolute Gasteiger partial charge is 0.123 e. The molecule has 96 valence electrons. The van der Waals surface area contributed by atoms with Crippen LogP contribution < -0.4 is 10.1 Å². The van der Waals surface area contributed by atoms with Gasteiger partial charge in [0, 0.05) is 12.1 Å². The Morgan fingerprint density at radius 1 is 1.29 bits per heavy atom. The molecular formula is C15H25NO. The van der Waals surface area contributed by atoms with Crippen LogP contribution in [0.15, 0.2) is 18.2 Å². The third-order valence-electron chi connectivity index (χ3n) is 2.55. The molecule has 0 saturated heterocycles. The van der Waals surface area contributed by atoms with Crippen molar-refractivity contribution >= 4 is 0 Å². The van der Waals surface area contributed by atoms with Gasteiger partial charge in [0.25, 0.3) is 0 Å². The van der Waals surface area contributed by atoms with Gasteiger partial charge in [-0.3, -0.25) is 0 Å². The van der Waals surface area contributed by atoms with E-state index in [1.807, 2.05) is 0 Å². The van der Waals surface area contributed by atoms with Gasteiger partial charge in [-0.2, -0.15) is 0 Å². The molecule has 1 rings (SSSR count). The average Bonchev–Trinajstić information content (AvgIpc) is 2.27. The number of nitrogens with one attached hydrogen (secondary N) is 1. The molecule has 0 aliphatic rings. The lowest BCUT2D eigenvalue weighted by molar-refractivity contribution is 0.313. The van der Waals surface area contributed by atoms with Crippen LogP contribution in [0.3, 0.4) is 0 Å². The number of rotatable bonds is 7. The van der Waals surface area contributed by atoms with Crippen molar-refractivity contribution in [3.05, 3.63) is 29.3 Å². The molecule has 0 unspecified atom stereocenters. The molecule has 0 spiro atoms. The van der Waals surface area contributed by atoms with E-state index in [1.54, 1.807) is 0 Å². The quantitative estimate of drug-likeness (QED) is 0.780. The van der Waals surface area contributed by atoms with Crippen molar-refractivity contribution in [2.45, 2.75) is 40.7 Å². The Hall–Kier alpha value is -1.02. The molecule has 0 fully saturated rings. The van der Waals surface area contributed by atoms with E-state index in [9.17, 15) is 0 Å². The second-order valence-corrected chi connectivity index (χ2v) is 4.98. The fraction of sp³-hybridized carbons (Fsp3) is 0.600. The van der Waals surface area contributed by atoms with Crippen LogP contribution >= 0.6 is 0 Å². The van der Waals surface area contributed by atoms with Gasteiger partial charge < -0.3 is 10.1 Å². The summed E-state index contributed by atoms with van der Waals surface area (Å²) in [4.78, 5) is 0. The molecule has 0 radical (unpaired) electrons. The zero-order chi connectivity index (χ0) is 12.7. The van der Waals surface area contributed by atoms with Crippen LogP contribution in [0.25, 0.3) is 0 Å². The summed E-state index contributed by atoms with van der Waals surface area (Å²) >= 11 is 0. The van der Waals surface area contributed by atoms with Crippen molar-refractivity contribution in [1.29, 1.82) is 0 Å². The predicted molar refractivity (Wildman–Crippen MR) is 73.5 cm³/mol. The molecule has 2 heteroatoms. The van der Waals surface area contributed by atoms with Gasteiger partial charge >= 0.3 is 0 Å². The van der Waals surface area contributed by atoms with Crippen molar-refractivity contribution in [2.75, 3.05) is 13.2 Å². The highest BCUT2D eigenvalue weighted by atomic mass is 16.5. The first-order valence-corrected chi connectivity index (χ1v) is 6.56. The van der Waals surface area contributed by atoms with E-state index in [4.69, 9.17) is 4.74 Å². The molecular weight excluding hydrogens is 210 g/mol. The van der Waals surface area contributed by atoms with Crippen LogP contribution in [-0.2, 0) is 6.54 Å². The summed E-state index contributed by atoms with van der Waals surface area (Å²) in [6, 6.07) is 6.40. The van der Waals surface area contributed by atoms with E-state index in [1.165, 1.54) is 11.1 Å². The average molecular weight is 235 g/mol. The Morgan fingerprint density at radius 3 is 2.71 bits per heavy atom. The Morgan fingerprint density at radius 2 is 2.06 bits per heavy atom. The lowest BCUT2D eigenvalue weighted by atomic mass is 10.1. The Kier molecular flexibility index (Phi) is 6.06. The Balaban J connectivity index is 2.62. The van der Waals surface area contributed by atoms with Gasteiger partial charge in [-0.15, -0.1) is 0 Å². The molecule has 1 aromatic rings. The van der Waals surface area contributed by atoms with Gasteiger partial charge in [0.05, 0.1) is 6.61 Å². The fourth-order valence-electron chi connectivity index (χ4n) is 1.69. The van der Waals surface area contributed by atoms with Gasteiger partial charge in [-0.05, 0) is 31.9 Å². The van der Waals surface area contributed by atoms with E-state index >= 15 is 0 Å². The summed E-state index contributed by atoms with van der Waals surface area (Å²) in [5.74, 6) is 1.70. The van der Waals surface area contributed by atoms with Crippen LogP contribution in [0.4, 0.5) is 0 Å². The highest BCUT2D eigenvalue weighted by molar-refractivity contribution is 5.36. The molecule has 0 atom stereocenters. The van der Waals surface area contributed by atoms with Crippen LogP contribution in [0.2, 0.25) is 0 Å².